The van der Waals surface area contributed by atoms with Crippen molar-refractivity contribution in [1.29, 1.82) is 0 Å². The lowest BCUT2D eigenvalue weighted by molar-refractivity contribution is -0.145. The average molecular weight is 385 g/mol. The van der Waals surface area contributed by atoms with Gasteiger partial charge < -0.3 is 4.90 Å². The predicted molar refractivity (Wildman–Crippen MR) is 103 cm³/mol. The number of urea groups is 1. The van der Waals surface area contributed by atoms with E-state index in [0.29, 0.717) is 13.1 Å². The molecule has 2 saturated heterocycles. The molecule has 0 N–H and O–H groups in total. The van der Waals surface area contributed by atoms with Crippen LogP contribution in [0.4, 0.5) is 10.6 Å². The standard InChI is InChI=1S/C20H27N5O3/c1-15-6-2-3-7-16(15)25-19(27)18(26)24(20(25)28)14-22-10-12-23(13-11-22)17-8-4-5-9-21-17/h4-5,8-9,15-16H,2-3,6-7,10-14H2,1H3/t15-,16-/m1/s1. The third-order valence-corrected chi connectivity index (χ3v) is 6.17. The van der Waals surface area contributed by atoms with Crippen LogP contribution in [-0.2, 0) is 9.59 Å². The highest BCUT2D eigenvalue weighted by molar-refractivity contribution is 6.44. The summed E-state index contributed by atoms with van der Waals surface area (Å²) in [5.74, 6) is -0.162. The lowest BCUT2D eigenvalue weighted by atomic mass is 9.85. The van der Waals surface area contributed by atoms with E-state index in [1.165, 1.54) is 4.90 Å². The van der Waals surface area contributed by atoms with E-state index in [4.69, 9.17) is 0 Å². The second kappa shape index (κ2) is 7.87. The number of hydrogen-bond donors (Lipinski definition) is 0. The molecule has 2 aliphatic heterocycles. The summed E-state index contributed by atoms with van der Waals surface area (Å²) in [5.41, 5.74) is 0. The van der Waals surface area contributed by atoms with Crippen LogP contribution in [0, 0.1) is 5.92 Å². The minimum Gasteiger partial charge on any atom is -0.354 e. The van der Waals surface area contributed by atoms with Crippen LogP contribution in [0.15, 0.2) is 24.4 Å². The zero-order valence-corrected chi connectivity index (χ0v) is 16.3. The molecule has 1 aromatic rings. The fourth-order valence-electron chi connectivity index (χ4n) is 4.48. The molecule has 28 heavy (non-hydrogen) atoms. The maximum Gasteiger partial charge on any atom is 0.335 e. The van der Waals surface area contributed by atoms with Crippen molar-refractivity contribution >= 4 is 23.7 Å². The van der Waals surface area contributed by atoms with Crippen LogP contribution in [0.2, 0.25) is 0 Å². The Morgan fingerprint density at radius 1 is 1.00 bits per heavy atom. The van der Waals surface area contributed by atoms with Crippen LogP contribution in [0.3, 0.4) is 0 Å². The second-order valence-corrected chi connectivity index (χ2v) is 7.95. The van der Waals surface area contributed by atoms with Crippen molar-refractivity contribution in [2.75, 3.05) is 37.7 Å². The molecule has 3 heterocycles. The van der Waals surface area contributed by atoms with Crippen LogP contribution in [0.5, 0.6) is 0 Å². The molecule has 150 valence electrons. The van der Waals surface area contributed by atoms with Crippen LogP contribution >= 0.6 is 0 Å². The molecule has 3 fully saturated rings. The number of pyridine rings is 1. The summed E-state index contributed by atoms with van der Waals surface area (Å²) >= 11 is 0. The van der Waals surface area contributed by atoms with Crippen LogP contribution in [0.1, 0.15) is 32.6 Å². The van der Waals surface area contributed by atoms with Gasteiger partial charge in [0, 0.05) is 38.4 Å². The Kier molecular flexibility index (Phi) is 5.30. The van der Waals surface area contributed by atoms with Gasteiger partial charge in [-0.3, -0.25) is 19.4 Å². The van der Waals surface area contributed by atoms with Crippen LogP contribution in [0.25, 0.3) is 0 Å². The third-order valence-electron chi connectivity index (χ3n) is 6.17. The first kappa shape index (κ1) is 18.9. The van der Waals surface area contributed by atoms with E-state index in [1.54, 1.807) is 6.20 Å². The number of anilines is 1. The Labute approximate surface area is 165 Å². The maximum atomic E-state index is 12.9. The van der Waals surface area contributed by atoms with E-state index in [2.05, 4.69) is 21.7 Å². The van der Waals surface area contributed by atoms with Gasteiger partial charge in [-0.1, -0.05) is 25.8 Å². The number of piperazine rings is 1. The molecule has 8 heteroatoms. The first-order valence-electron chi connectivity index (χ1n) is 10.1. The number of hydrogen-bond acceptors (Lipinski definition) is 6. The predicted octanol–water partition coefficient (Wildman–Crippen LogP) is 1.53. The summed E-state index contributed by atoms with van der Waals surface area (Å²) in [7, 11) is 0. The molecule has 0 unspecified atom stereocenters. The van der Waals surface area contributed by atoms with Crippen molar-refractivity contribution in [3.8, 4) is 0 Å². The van der Waals surface area contributed by atoms with Gasteiger partial charge in [0.15, 0.2) is 0 Å². The smallest absolute Gasteiger partial charge is 0.335 e. The molecule has 0 aromatic carbocycles. The Morgan fingerprint density at radius 2 is 1.75 bits per heavy atom. The van der Waals surface area contributed by atoms with Gasteiger partial charge in [0.1, 0.15) is 5.82 Å². The highest BCUT2D eigenvalue weighted by Crippen LogP contribution is 2.31. The molecular formula is C20H27N5O3. The molecule has 0 spiro atoms. The van der Waals surface area contributed by atoms with Crippen LogP contribution < -0.4 is 4.90 Å². The minimum absolute atomic E-state index is 0.149. The number of nitrogens with zero attached hydrogens (tertiary/aromatic N) is 5. The Morgan fingerprint density at radius 3 is 2.43 bits per heavy atom. The normalized spacial score (nSPS) is 27.0. The lowest BCUT2D eigenvalue weighted by Crippen LogP contribution is -2.52. The zero-order valence-electron chi connectivity index (χ0n) is 16.3. The van der Waals surface area contributed by atoms with E-state index in [0.717, 1.165) is 49.5 Å². The van der Waals surface area contributed by atoms with Gasteiger partial charge in [0.05, 0.1) is 6.67 Å². The van der Waals surface area contributed by atoms with Gasteiger partial charge >= 0.3 is 17.8 Å². The van der Waals surface area contributed by atoms with E-state index in [-0.39, 0.29) is 18.6 Å². The van der Waals surface area contributed by atoms with Crippen molar-refractivity contribution in [2.24, 2.45) is 5.92 Å². The molecule has 0 bridgehead atoms. The van der Waals surface area contributed by atoms with E-state index in [9.17, 15) is 14.4 Å². The fourth-order valence-corrected chi connectivity index (χ4v) is 4.48. The quantitative estimate of drug-likeness (QED) is 0.578. The molecule has 1 aromatic heterocycles. The van der Waals surface area contributed by atoms with Crippen molar-refractivity contribution in [3.05, 3.63) is 24.4 Å². The molecule has 0 radical (unpaired) electrons. The highest BCUT2D eigenvalue weighted by atomic mass is 16.2. The number of carbonyl (C=O) groups is 3. The van der Waals surface area contributed by atoms with Crippen molar-refractivity contribution < 1.29 is 14.4 Å². The fraction of sp³-hybridized carbons (Fsp3) is 0.600. The summed E-state index contributed by atoms with van der Waals surface area (Å²) in [6, 6.07) is 5.23. The van der Waals surface area contributed by atoms with E-state index in [1.807, 2.05) is 18.2 Å². The van der Waals surface area contributed by atoms with E-state index >= 15 is 0 Å². The molecule has 8 nitrogen and oxygen atoms in total. The number of rotatable bonds is 4. The average Bonchev–Trinajstić information content (AvgIpc) is 2.93. The summed E-state index contributed by atoms with van der Waals surface area (Å²) in [6.45, 7) is 5.20. The van der Waals surface area contributed by atoms with Gasteiger partial charge in [-0.25, -0.2) is 14.7 Å². The summed E-state index contributed by atoms with van der Waals surface area (Å²) in [5, 5.41) is 0. The van der Waals surface area contributed by atoms with Gasteiger partial charge in [0.25, 0.3) is 0 Å². The first-order valence-corrected chi connectivity index (χ1v) is 10.1. The Bertz CT molecular complexity index is 747. The molecular weight excluding hydrogens is 358 g/mol. The molecule has 4 rings (SSSR count). The Hall–Kier alpha value is -2.48. The summed E-state index contributed by atoms with van der Waals surface area (Å²) < 4.78 is 0. The number of imide groups is 2. The lowest BCUT2D eigenvalue weighted by Gasteiger charge is -2.37. The minimum atomic E-state index is -0.685. The van der Waals surface area contributed by atoms with E-state index < -0.39 is 17.8 Å². The largest absolute Gasteiger partial charge is 0.354 e. The zero-order chi connectivity index (χ0) is 19.7. The van der Waals surface area contributed by atoms with Crippen molar-refractivity contribution in [3.63, 3.8) is 0 Å². The maximum absolute atomic E-state index is 12.9. The number of amides is 4. The number of carbonyl (C=O) groups excluding carboxylic acids is 3. The van der Waals surface area contributed by atoms with Crippen molar-refractivity contribution in [1.82, 2.24) is 19.7 Å². The van der Waals surface area contributed by atoms with Gasteiger partial charge in [-0.2, -0.15) is 0 Å². The highest BCUT2D eigenvalue weighted by Gasteiger charge is 2.49. The Balaban J connectivity index is 1.38. The van der Waals surface area contributed by atoms with Gasteiger partial charge in [0.2, 0.25) is 0 Å². The third kappa shape index (κ3) is 3.48. The molecule has 4 amide bonds. The SMILES string of the molecule is C[C@@H]1CCCC[C@H]1N1C(=O)C(=O)N(CN2CCN(c3ccccn3)CC2)C1=O. The monoisotopic (exact) mass is 385 g/mol. The summed E-state index contributed by atoms with van der Waals surface area (Å²) in [6.07, 6.45) is 5.67. The molecule has 1 saturated carbocycles. The van der Waals surface area contributed by atoms with Crippen molar-refractivity contribution in [2.45, 2.75) is 38.6 Å². The number of aromatic nitrogens is 1. The summed E-state index contributed by atoms with van der Waals surface area (Å²) in [4.78, 5) is 48.9. The molecule has 2 atom stereocenters. The van der Waals surface area contributed by atoms with Gasteiger partial charge in [-0.15, -0.1) is 0 Å². The second-order valence-electron chi connectivity index (χ2n) is 7.95. The van der Waals surface area contributed by atoms with Gasteiger partial charge in [-0.05, 0) is 30.9 Å². The first-order chi connectivity index (χ1) is 13.6. The molecule has 1 aliphatic carbocycles. The van der Waals surface area contributed by atoms with Crippen LogP contribution in [-0.4, -0.2) is 76.4 Å². The molecule has 3 aliphatic rings. The topological polar surface area (TPSA) is 77.1 Å².